The van der Waals surface area contributed by atoms with E-state index in [1.54, 1.807) is 0 Å². The zero-order chi connectivity index (χ0) is 16.3. The smallest absolute Gasteiger partial charge is 0.487 e. The zero-order valence-electron chi connectivity index (χ0n) is 14.1. The van der Waals surface area contributed by atoms with Gasteiger partial charge >= 0.3 is 7.12 Å². The summed E-state index contributed by atoms with van der Waals surface area (Å²) in [7, 11) is -0.445. The Morgan fingerprint density at radius 1 is 1.00 bits per heavy atom. The van der Waals surface area contributed by atoms with E-state index in [4.69, 9.17) is 14.0 Å². The van der Waals surface area contributed by atoms with Crippen molar-refractivity contribution in [2.75, 3.05) is 0 Å². The summed E-state index contributed by atoms with van der Waals surface area (Å²) in [5.74, 6) is 0.736. The highest BCUT2D eigenvalue weighted by Gasteiger charge is 2.52. The highest BCUT2D eigenvalue weighted by atomic mass is 16.7. The first-order valence-corrected chi connectivity index (χ1v) is 7.73. The van der Waals surface area contributed by atoms with Crippen LogP contribution in [-0.4, -0.2) is 29.7 Å². The Morgan fingerprint density at radius 3 is 2.18 bits per heavy atom. The normalized spacial score (nSPS) is 24.8. The maximum atomic E-state index is 12.2. The SMILES string of the molecule is CC1(C)CC(=O)c2ccc(B3OC(C)(C)C(C)(C)O3)cc2O1. The number of carbonyl (C=O) groups is 1. The average molecular weight is 302 g/mol. The summed E-state index contributed by atoms with van der Waals surface area (Å²) >= 11 is 0. The molecule has 118 valence electrons. The first-order chi connectivity index (χ1) is 10.0. The molecule has 0 atom stereocenters. The van der Waals surface area contributed by atoms with Gasteiger partial charge in [0.15, 0.2) is 5.78 Å². The van der Waals surface area contributed by atoms with E-state index in [0.717, 1.165) is 5.46 Å². The van der Waals surface area contributed by atoms with Gasteiger partial charge in [0.05, 0.1) is 23.2 Å². The number of hydrogen-bond acceptors (Lipinski definition) is 4. The quantitative estimate of drug-likeness (QED) is 0.748. The molecule has 0 aromatic heterocycles. The number of hydrogen-bond donors (Lipinski definition) is 0. The molecule has 1 fully saturated rings. The van der Waals surface area contributed by atoms with Gasteiger partial charge in [0.25, 0.3) is 0 Å². The van der Waals surface area contributed by atoms with Crippen molar-refractivity contribution in [1.29, 1.82) is 0 Å². The van der Waals surface area contributed by atoms with E-state index in [1.165, 1.54) is 0 Å². The molecule has 0 radical (unpaired) electrons. The number of ether oxygens (including phenoxy) is 1. The average Bonchev–Trinajstić information content (AvgIpc) is 2.56. The summed E-state index contributed by atoms with van der Waals surface area (Å²) in [4.78, 5) is 12.2. The van der Waals surface area contributed by atoms with E-state index < -0.39 is 12.7 Å². The molecule has 1 aromatic rings. The van der Waals surface area contributed by atoms with Crippen molar-refractivity contribution in [3.05, 3.63) is 23.8 Å². The zero-order valence-corrected chi connectivity index (χ0v) is 14.1. The maximum absolute atomic E-state index is 12.2. The number of carbonyl (C=O) groups excluding carboxylic acids is 1. The van der Waals surface area contributed by atoms with E-state index in [2.05, 4.69) is 0 Å². The van der Waals surface area contributed by atoms with Crippen molar-refractivity contribution >= 4 is 18.4 Å². The minimum atomic E-state index is -0.474. The summed E-state index contributed by atoms with van der Waals surface area (Å²) < 4.78 is 18.1. The lowest BCUT2D eigenvalue weighted by atomic mass is 9.77. The van der Waals surface area contributed by atoms with E-state index in [-0.39, 0.29) is 17.0 Å². The van der Waals surface area contributed by atoms with Gasteiger partial charge in [-0.1, -0.05) is 6.07 Å². The minimum Gasteiger partial charge on any atom is -0.487 e. The van der Waals surface area contributed by atoms with Crippen LogP contribution < -0.4 is 10.2 Å². The van der Waals surface area contributed by atoms with Gasteiger partial charge in [-0.3, -0.25) is 4.79 Å². The van der Waals surface area contributed by atoms with Gasteiger partial charge in [0, 0.05) is 0 Å². The van der Waals surface area contributed by atoms with E-state index >= 15 is 0 Å². The number of fused-ring (bicyclic) bond motifs is 1. The summed E-state index contributed by atoms with van der Waals surface area (Å²) in [6.45, 7) is 11.9. The standard InChI is InChI=1S/C17H23BO4/c1-15(2)10-13(19)12-8-7-11(9-14(12)20-15)18-21-16(3,4)17(5,6)22-18/h7-9H,10H2,1-6H3. The highest BCUT2D eigenvalue weighted by molar-refractivity contribution is 6.62. The Morgan fingerprint density at radius 2 is 1.59 bits per heavy atom. The number of rotatable bonds is 1. The molecule has 1 aromatic carbocycles. The number of benzene rings is 1. The van der Waals surface area contributed by atoms with Crippen molar-refractivity contribution in [2.24, 2.45) is 0 Å². The fraction of sp³-hybridized carbons (Fsp3) is 0.588. The van der Waals surface area contributed by atoms with Gasteiger partial charge in [0.2, 0.25) is 0 Å². The molecule has 4 nitrogen and oxygen atoms in total. The van der Waals surface area contributed by atoms with Gasteiger partial charge in [0.1, 0.15) is 11.4 Å². The van der Waals surface area contributed by atoms with Crippen molar-refractivity contribution in [2.45, 2.75) is 64.8 Å². The molecule has 22 heavy (non-hydrogen) atoms. The molecule has 0 N–H and O–H groups in total. The van der Waals surface area contributed by atoms with E-state index in [0.29, 0.717) is 17.7 Å². The lowest BCUT2D eigenvalue weighted by Crippen LogP contribution is -2.41. The molecule has 0 saturated carbocycles. The van der Waals surface area contributed by atoms with Crippen molar-refractivity contribution in [3.8, 4) is 5.75 Å². The highest BCUT2D eigenvalue weighted by Crippen LogP contribution is 2.37. The van der Waals surface area contributed by atoms with Gasteiger partial charge < -0.3 is 14.0 Å². The summed E-state index contributed by atoms with van der Waals surface area (Å²) in [5.41, 5.74) is 0.272. The Balaban J connectivity index is 1.94. The van der Waals surface area contributed by atoms with Gasteiger partial charge in [-0.15, -0.1) is 0 Å². The van der Waals surface area contributed by atoms with E-state index in [9.17, 15) is 4.79 Å². The van der Waals surface area contributed by atoms with Gasteiger partial charge in [-0.2, -0.15) is 0 Å². The van der Waals surface area contributed by atoms with Crippen LogP contribution >= 0.6 is 0 Å². The topological polar surface area (TPSA) is 44.8 Å². The van der Waals surface area contributed by atoms with Crippen LogP contribution in [0, 0.1) is 0 Å². The molecule has 0 bridgehead atoms. The fourth-order valence-electron chi connectivity index (χ4n) is 2.80. The molecular formula is C17H23BO4. The molecule has 2 aliphatic heterocycles. The maximum Gasteiger partial charge on any atom is 0.494 e. The first kappa shape index (κ1) is 15.6. The molecule has 0 unspecified atom stereocenters. The lowest BCUT2D eigenvalue weighted by molar-refractivity contribution is 0.00578. The van der Waals surface area contributed by atoms with Crippen LogP contribution in [0.25, 0.3) is 0 Å². The first-order valence-electron chi connectivity index (χ1n) is 7.73. The molecule has 2 aliphatic rings. The molecule has 2 heterocycles. The monoisotopic (exact) mass is 302 g/mol. The molecule has 3 rings (SSSR count). The Labute approximate surface area is 132 Å². The molecule has 5 heteroatoms. The molecule has 0 amide bonds. The van der Waals surface area contributed by atoms with Crippen molar-refractivity contribution in [3.63, 3.8) is 0 Å². The predicted octanol–water partition coefficient (Wildman–Crippen LogP) is 2.73. The molecule has 0 aliphatic carbocycles. The second-order valence-corrected chi connectivity index (χ2v) is 7.81. The van der Waals surface area contributed by atoms with Crippen LogP contribution in [0.4, 0.5) is 0 Å². The second-order valence-electron chi connectivity index (χ2n) is 7.81. The van der Waals surface area contributed by atoms with Gasteiger partial charge in [-0.05, 0) is 59.1 Å². The molecule has 1 saturated heterocycles. The lowest BCUT2D eigenvalue weighted by Gasteiger charge is -2.32. The van der Waals surface area contributed by atoms with Crippen molar-refractivity contribution < 1.29 is 18.8 Å². The van der Waals surface area contributed by atoms with Crippen LogP contribution in [0.3, 0.4) is 0 Å². The van der Waals surface area contributed by atoms with Crippen LogP contribution in [0.5, 0.6) is 5.75 Å². The molecule has 0 spiro atoms. The third-order valence-corrected chi connectivity index (χ3v) is 4.80. The van der Waals surface area contributed by atoms with E-state index in [1.807, 2.05) is 59.7 Å². The molecular weight excluding hydrogens is 279 g/mol. The fourth-order valence-corrected chi connectivity index (χ4v) is 2.80. The largest absolute Gasteiger partial charge is 0.494 e. The van der Waals surface area contributed by atoms with Crippen LogP contribution in [0.2, 0.25) is 0 Å². The van der Waals surface area contributed by atoms with Crippen LogP contribution in [0.15, 0.2) is 18.2 Å². The van der Waals surface area contributed by atoms with Crippen LogP contribution in [-0.2, 0) is 9.31 Å². The summed E-state index contributed by atoms with van der Waals surface area (Å²) in [5, 5.41) is 0. The second kappa shape index (κ2) is 4.59. The third kappa shape index (κ3) is 2.46. The Bertz CT molecular complexity index is 618. The predicted molar refractivity (Wildman–Crippen MR) is 85.8 cm³/mol. The number of ketones is 1. The number of Topliss-reactive ketones (excluding diaryl/α,β-unsaturated/α-hetero) is 1. The van der Waals surface area contributed by atoms with Crippen LogP contribution in [0.1, 0.15) is 58.3 Å². The van der Waals surface area contributed by atoms with Gasteiger partial charge in [-0.25, -0.2) is 0 Å². The minimum absolute atomic E-state index is 0.117. The van der Waals surface area contributed by atoms with Crippen molar-refractivity contribution in [1.82, 2.24) is 0 Å². The third-order valence-electron chi connectivity index (χ3n) is 4.80. The summed E-state index contributed by atoms with van der Waals surface area (Å²) in [6.07, 6.45) is 0.399. The summed E-state index contributed by atoms with van der Waals surface area (Å²) in [6, 6.07) is 5.57. The Kier molecular flexibility index (Phi) is 3.25. The Hall–Kier alpha value is -1.33.